The van der Waals surface area contributed by atoms with E-state index in [-0.39, 0.29) is 30.4 Å². The van der Waals surface area contributed by atoms with Gasteiger partial charge in [0.1, 0.15) is 5.75 Å². The Morgan fingerprint density at radius 1 is 1.10 bits per heavy atom. The lowest BCUT2D eigenvalue weighted by Crippen LogP contribution is -2.31. The number of carbonyl (C=O) groups is 2. The van der Waals surface area contributed by atoms with Crippen molar-refractivity contribution in [3.63, 3.8) is 0 Å². The molecule has 3 atom stereocenters. The van der Waals surface area contributed by atoms with Gasteiger partial charge < -0.3 is 9.47 Å². The summed E-state index contributed by atoms with van der Waals surface area (Å²) in [5.74, 6) is 0.416. The van der Waals surface area contributed by atoms with Crippen molar-refractivity contribution in [1.29, 1.82) is 0 Å². The topological polar surface area (TPSA) is 68.2 Å². The van der Waals surface area contributed by atoms with Gasteiger partial charge in [-0.15, -0.1) is 0 Å². The van der Waals surface area contributed by atoms with E-state index in [2.05, 4.69) is 5.10 Å². The number of ether oxygens (including phenoxy) is 2. The fourth-order valence-electron chi connectivity index (χ4n) is 3.59. The highest BCUT2D eigenvalue weighted by Crippen LogP contribution is 2.39. The van der Waals surface area contributed by atoms with Gasteiger partial charge in [0.25, 0.3) is 5.91 Å². The van der Waals surface area contributed by atoms with E-state index < -0.39 is 0 Å². The van der Waals surface area contributed by atoms with E-state index in [1.807, 2.05) is 61.5 Å². The molecular formula is C23H24N2O4. The van der Waals surface area contributed by atoms with Crippen molar-refractivity contribution in [2.75, 3.05) is 13.7 Å². The lowest BCUT2D eigenvalue weighted by atomic mass is 9.98. The first kappa shape index (κ1) is 19.2. The second-order valence-corrected chi connectivity index (χ2v) is 7.57. The molecule has 1 saturated carbocycles. The molecular weight excluding hydrogens is 368 g/mol. The van der Waals surface area contributed by atoms with E-state index in [9.17, 15) is 9.59 Å². The van der Waals surface area contributed by atoms with Crippen molar-refractivity contribution >= 4 is 17.6 Å². The maximum Gasteiger partial charge on any atom is 0.309 e. The fourth-order valence-corrected chi connectivity index (χ4v) is 3.59. The second kappa shape index (κ2) is 8.07. The Hall–Kier alpha value is -3.15. The van der Waals surface area contributed by atoms with Gasteiger partial charge in [-0.1, -0.05) is 49.4 Å². The summed E-state index contributed by atoms with van der Waals surface area (Å²) < 4.78 is 10.5. The molecule has 1 amide bonds. The van der Waals surface area contributed by atoms with E-state index in [0.717, 1.165) is 29.0 Å². The molecule has 1 heterocycles. The average Bonchev–Trinajstić information content (AvgIpc) is 3.33. The fraction of sp³-hybridized carbons (Fsp3) is 0.348. The molecule has 0 radical (unpaired) electrons. The molecule has 1 aliphatic carbocycles. The third kappa shape index (κ3) is 4.16. The Balaban J connectivity index is 1.53. The molecule has 29 heavy (non-hydrogen) atoms. The summed E-state index contributed by atoms with van der Waals surface area (Å²) in [5, 5.41) is 6.04. The second-order valence-electron chi connectivity index (χ2n) is 7.57. The molecule has 0 N–H and O–H groups in total. The number of nitrogens with zero attached hydrogens (tertiary/aromatic N) is 2. The van der Waals surface area contributed by atoms with Gasteiger partial charge in [0, 0.05) is 6.42 Å². The Labute approximate surface area is 170 Å². The number of rotatable bonds is 6. The Morgan fingerprint density at radius 2 is 1.79 bits per heavy atom. The maximum absolute atomic E-state index is 12.9. The summed E-state index contributed by atoms with van der Waals surface area (Å²) in [5.41, 5.74) is 2.77. The minimum Gasteiger partial charge on any atom is -0.497 e. The molecule has 0 bridgehead atoms. The number of carbonyl (C=O) groups excluding carboxylic acids is 2. The van der Waals surface area contributed by atoms with Crippen molar-refractivity contribution in [2.45, 2.75) is 25.8 Å². The van der Waals surface area contributed by atoms with Crippen LogP contribution in [0, 0.1) is 11.8 Å². The molecule has 2 aromatic rings. The van der Waals surface area contributed by atoms with Crippen LogP contribution in [0.25, 0.3) is 0 Å². The molecule has 0 spiro atoms. The molecule has 0 saturated heterocycles. The van der Waals surface area contributed by atoms with Crippen molar-refractivity contribution in [3.05, 3.63) is 65.7 Å². The van der Waals surface area contributed by atoms with Crippen molar-refractivity contribution in [3.8, 4) is 5.75 Å². The maximum atomic E-state index is 12.9. The molecule has 150 valence electrons. The van der Waals surface area contributed by atoms with E-state index in [1.54, 1.807) is 7.11 Å². The van der Waals surface area contributed by atoms with Crippen LogP contribution >= 0.6 is 0 Å². The third-order valence-corrected chi connectivity index (χ3v) is 5.52. The molecule has 2 aliphatic rings. The molecule has 3 unspecified atom stereocenters. The highest BCUT2D eigenvalue weighted by atomic mass is 16.5. The average molecular weight is 392 g/mol. The molecule has 2 aromatic carbocycles. The van der Waals surface area contributed by atoms with Gasteiger partial charge in [-0.2, -0.15) is 5.10 Å². The highest BCUT2D eigenvalue weighted by molar-refractivity contribution is 6.03. The number of esters is 1. The van der Waals surface area contributed by atoms with Gasteiger partial charge in [-0.05, 0) is 35.6 Å². The summed E-state index contributed by atoms with van der Waals surface area (Å²) in [6.07, 6.45) is 1.43. The van der Waals surface area contributed by atoms with Crippen LogP contribution in [-0.4, -0.2) is 36.3 Å². The van der Waals surface area contributed by atoms with Gasteiger partial charge in [-0.25, -0.2) is 5.01 Å². The zero-order valence-electron chi connectivity index (χ0n) is 16.6. The minimum atomic E-state index is -0.321. The van der Waals surface area contributed by atoms with Gasteiger partial charge in [0.15, 0.2) is 6.61 Å². The summed E-state index contributed by atoms with van der Waals surface area (Å²) >= 11 is 0. The molecule has 0 aromatic heterocycles. The van der Waals surface area contributed by atoms with Crippen molar-refractivity contribution < 1.29 is 19.1 Å². The zero-order valence-corrected chi connectivity index (χ0v) is 16.6. The summed E-state index contributed by atoms with van der Waals surface area (Å²) in [6.45, 7) is 1.71. The highest BCUT2D eigenvalue weighted by Gasteiger charge is 2.41. The number of methoxy groups -OCH3 is 1. The van der Waals surface area contributed by atoms with Crippen LogP contribution in [0.3, 0.4) is 0 Å². The molecule has 6 nitrogen and oxygen atoms in total. The molecule has 4 rings (SSSR count). The van der Waals surface area contributed by atoms with Crippen LogP contribution in [-0.2, 0) is 14.3 Å². The van der Waals surface area contributed by atoms with E-state index in [0.29, 0.717) is 12.3 Å². The third-order valence-electron chi connectivity index (χ3n) is 5.52. The van der Waals surface area contributed by atoms with Gasteiger partial charge in [-0.3, -0.25) is 9.59 Å². The Kier molecular flexibility index (Phi) is 5.34. The van der Waals surface area contributed by atoms with E-state index in [4.69, 9.17) is 9.47 Å². The van der Waals surface area contributed by atoms with Crippen molar-refractivity contribution in [2.24, 2.45) is 16.9 Å². The number of hydrogen-bond donors (Lipinski definition) is 0. The summed E-state index contributed by atoms with van der Waals surface area (Å²) in [4.78, 5) is 24.9. The smallest absolute Gasteiger partial charge is 0.309 e. The minimum absolute atomic E-state index is 0.0675. The number of amides is 1. The summed E-state index contributed by atoms with van der Waals surface area (Å²) in [6, 6.07) is 17.2. The number of benzene rings is 2. The first-order valence-corrected chi connectivity index (χ1v) is 9.82. The molecule has 6 heteroatoms. The van der Waals surface area contributed by atoms with E-state index >= 15 is 0 Å². The van der Waals surface area contributed by atoms with Crippen LogP contribution in [0.4, 0.5) is 0 Å². The predicted molar refractivity (Wildman–Crippen MR) is 108 cm³/mol. The van der Waals surface area contributed by atoms with Crippen molar-refractivity contribution in [1.82, 2.24) is 5.01 Å². The lowest BCUT2D eigenvalue weighted by molar-refractivity contribution is -0.154. The van der Waals surface area contributed by atoms with Crippen LogP contribution in [0.2, 0.25) is 0 Å². The van der Waals surface area contributed by atoms with Crippen LogP contribution in [0.5, 0.6) is 5.75 Å². The van der Waals surface area contributed by atoms with Crippen LogP contribution in [0.1, 0.15) is 36.9 Å². The SMILES string of the molecule is COc1ccc(C2CC(c3ccccc3)=NN2C(=O)COC(=O)C2CC2C)cc1. The first-order valence-electron chi connectivity index (χ1n) is 9.82. The standard InChI is InChI=1S/C23H24N2O4/c1-15-12-19(15)23(27)29-14-22(26)25-21(17-8-10-18(28-2)11-9-17)13-20(24-25)16-6-4-3-5-7-16/h3-11,15,19,21H,12-14H2,1-2H3. The first-order chi connectivity index (χ1) is 14.1. The Bertz CT molecular complexity index is 924. The molecule has 1 aliphatic heterocycles. The summed E-state index contributed by atoms with van der Waals surface area (Å²) in [7, 11) is 1.62. The normalized spacial score (nSPS) is 22.8. The quantitative estimate of drug-likeness (QED) is 0.705. The number of hydrogen-bond acceptors (Lipinski definition) is 5. The predicted octanol–water partition coefficient (Wildman–Crippen LogP) is 3.57. The van der Waals surface area contributed by atoms with Gasteiger partial charge >= 0.3 is 5.97 Å². The van der Waals surface area contributed by atoms with E-state index in [1.165, 1.54) is 5.01 Å². The monoisotopic (exact) mass is 392 g/mol. The number of hydrazone groups is 1. The van der Waals surface area contributed by atoms with Crippen LogP contribution < -0.4 is 4.74 Å². The largest absolute Gasteiger partial charge is 0.497 e. The zero-order chi connectivity index (χ0) is 20.4. The van der Waals surface area contributed by atoms with Gasteiger partial charge in [0.2, 0.25) is 0 Å². The Morgan fingerprint density at radius 3 is 2.41 bits per heavy atom. The molecule has 1 fully saturated rings. The lowest BCUT2D eigenvalue weighted by Gasteiger charge is -2.22. The van der Waals surface area contributed by atoms with Gasteiger partial charge in [0.05, 0.1) is 24.8 Å². The van der Waals surface area contributed by atoms with Crippen LogP contribution in [0.15, 0.2) is 59.7 Å².